The summed E-state index contributed by atoms with van der Waals surface area (Å²) in [5.41, 5.74) is 5.97. The van der Waals surface area contributed by atoms with Crippen LogP contribution < -0.4 is 10.5 Å². The number of methoxy groups -OCH3 is 1. The number of hydrogen-bond acceptors (Lipinski definition) is 3. The largest absolute Gasteiger partial charge is 0.504 e. The quantitative estimate of drug-likeness (QED) is 0.871. The molecule has 82 valence electrons. The summed E-state index contributed by atoms with van der Waals surface area (Å²) >= 11 is 3.07. The van der Waals surface area contributed by atoms with Gasteiger partial charge in [-0.05, 0) is 34.8 Å². The SMILES string of the molecule is COc1c(O)c(C2(N)CC2)cc(Br)c1F. The van der Waals surface area contributed by atoms with Gasteiger partial charge >= 0.3 is 0 Å². The van der Waals surface area contributed by atoms with Crippen LogP contribution in [0.2, 0.25) is 0 Å². The Bertz CT molecular complexity index is 418. The molecule has 1 fully saturated rings. The van der Waals surface area contributed by atoms with Crippen LogP contribution in [0.15, 0.2) is 10.5 Å². The van der Waals surface area contributed by atoms with Crippen LogP contribution in [0.4, 0.5) is 4.39 Å². The van der Waals surface area contributed by atoms with E-state index in [0.29, 0.717) is 5.56 Å². The van der Waals surface area contributed by atoms with E-state index < -0.39 is 11.4 Å². The van der Waals surface area contributed by atoms with Gasteiger partial charge in [0.1, 0.15) is 0 Å². The lowest BCUT2D eigenvalue weighted by Crippen LogP contribution is -2.19. The highest BCUT2D eigenvalue weighted by molar-refractivity contribution is 9.10. The second-order valence-corrected chi connectivity index (χ2v) is 4.61. The molecular formula is C10H11BrFNO2. The van der Waals surface area contributed by atoms with Crippen molar-refractivity contribution in [1.29, 1.82) is 0 Å². The van der Waals surface area contributed by atoms with E-state index in [1.165, 1.54) is 13.2 Å². The normalized spacial score (nSPS) is 17.6. The van der Waals surface area contributed by atoms with Gasteiger partial charge in [0.15, 0.2) is 17.3 Å². The molecule has 1 aliphatic carbocycles. The second-order valence-electron chi connectivity index (χ2n) is 3.76. The lowest BCUT2D eigenvalue weighted by Gasteiger charge is -2.15. The highest BCUT2D eigenvalue weighted by atomic mass is 79.9. The van der Waals surface area contributed by atoms with Crippen LogP contribution in [0.5, 0.6) is 11.5 Å². The van der Waals surface area contributed by atoms with Crippen molar-refractivity contribution in [1.82, 2.24) is 0 Å². The van der Waals surface area contributed by atoms with E-state index in [2.05, 4.69) is 15.9 Å². The Morgan fingerprint density at radius 2 is 2.20 bits per heavy atom. The van der Waals surface area contributed by atoms with Crippen molar-refractivity contribution in [3.63, 3.8) is 0 Å². The molecule has 0 unspecified atom stereocenters. The van der Waals surface area contributed by atoms with Gasteiger partial charge in [-0.15, -0.1) is 0 Å². The van der Waals surface area contributed by atoms with Crippen molar-refractivity contribution in [2.24, 2.45) is 5.73 Å². The van der Waals surface area contributed by atoms with E-state index in [1.54, 1.807) is 0 Å². The lowest BCUT2D eigenvalue weighted by molar-refractivity contribution is 0.345. The van der Waals surface area contributed by atoms with Gasteiger partial charge < -0.3 is 15.6 Å². The molecule has 0 bridgehead atoms. The first-order valence-corrected chi connectivity index (χ1v) is 5.33. The second kappa shape index (κ2) is 3.35. The number of benzene rings is 1. The highest BCUT2D eigenvalue weighted by Gasteiger charge is 2.43. The zero-order valence-electron chi connectivity index (χ0n) is 8.18. The number of halogens is 2. The Kier molecular flexibility index (Phi) is 2.39. The van der Waals surface area contributed by atoms with Crippen LogP contribution in [0.3, 0.4) is 0 Å². The van der Waals surface area contributed by atoms with Crippen molar-refractivity contribution in [3.05, 3.63) is 21.9 Å². The fourth-order valence-corrected chi connectivity index (χ4v) is 1.97. The zero-order valence-corrected chi connectivity index (χ0v) is 9.77. The van der Waals surface area contributed by atoms with Gasteiger partial charge in [0, 0.05) is 11.1 Å². The molecular weight excluding hydrogens is 265 g/mol. The summed E-state index contributed by atoms with van der Waals surface area (Å²) in [4.78, 5) is 0. The smallest absolute Gasteiger partial charge is 0.198 e. The van der Waals surface area contributed by atoms with Gasteiger partial charge in [-0.25, -0.2) is 4.39 Å². The minimum Gasteiger partial charge on any atom is -0.504 e. The van der Waals surface area contributed by atoms with Crippen LogP contribution in [0.1, 0.15) is 18.4 Å². The number of rotatable bonds is 2. The minimum atomic E-state index is -0.608. The molecule has 0 aliphatic heterocycles. The number of aromatic hydroxyl groups is 1. The molecule has 1 saturated carbocycles. The van der Waals surface area contributed by atoms with E-state index in [-0.39, 0.29) is 16.0 Å². The first-order chi connectivity index (χ1) is 6.99. The third kappa shape index (κ3) is 1.59. The van der Waals surface area contributed by atoms with E-state index in [0.717, 1.165) is 12.8 Å². The maximum atomic E-state index is 13.5. The molecule has 0 aromatic heterocycles. The maximum absolute atomic E-state index is 13.5. The summed E-state index contributed by atoms with van der Waals surface area (Å²) in [6.07, 6.45) is 1.59. The van der Waals surface area contributed by atoms with Crippen molar-refractivity contribution < 1.29 is 14.2 Å². The molecule has 0 saturated heterocycles. The molecule has 3 nitrogen and oxygen atoms in total. The van der Waals surface area contributed by atoms with Gasteiger partial charge in [0.05, 0.1) is 11.6 Å². The first kappa shape index (κ1) is 10.7. The van der Waals surface area contributed by atoms with E-state index in [9.17, 15) is 9.50 Å². The third-order valence-electron chi connectivity index (χ3n) is 2.68. The molecule has 15 heavy (non-hydrogen) atoms. The van der Waals surface area contributed by atoms with Gasteiger partial charge in [-0.3, -0.25) is 0 Å². The molecule has 5 heteroatoms. The Morgan fingerprint density at radius 1 is 1.60 bits per heavy atom. The van der Waals surface area contributed by atoms with Gasteiger partial charge in [0.2, 0.25) is 0 Å². The molecule has 1 aliphatic rings. The highest BCUT2D eigenvalue weighted by Crippen LogP contribution is 2.50. The molecule has 0 radical (unpaired) electrons. The lowest BCUT2D eigenvalue weighted by atomic mass is 10.0. The Hall–Kier alpha value is -0.810. The number of nitrogens with two attached hydrogens (primary N) is 1. The standard InChI is InChI=1S/C10H11BrFNO2/c1-15-9-7(12)6(11)4-5(8(9)14)10(13)2-3-10/h4,14H,2-3,13H2,1H3. The molecule has 0 heterocycles. The topological polar surface area (TPSA) is 55.5 Å². The van der Waals surface area contributed by atoms with E-state index >= 15 is 0 Å². The molecule has 1 aromatic carbocycles. The van der Waals surface area contributed by atoms with Crippen molar-refractivity contribution >= 4 is 15.9 Å². The monoisotopic (exact) mass is 275 g/mol. The zero-order chi connectivity index (χ0) is 11.2. The van der Waals surface area contributed by atoms with Gasteiger partial charge in [-0.1, -0.05) is 0 Å². The average molecular weight is 276 g/mol. The van der Waals surface area contributed by atoms with Gasteiger partial charge in [-0.2, -0.15) is 0 Å². The van der Waals surface area contributed by atoms with Crippen molar-refractivity contribution in [3.8, 4) is 11.5 Å². The summed E-state index contributed by atoms with van der Waals surface area (Å²) in [7, 11) is 1.31. The van der Waals surface area contributed by atoms with Crippen LogP contribution in [0.25, 0.3) is 0 Å². The summed E-state index contributed by atoms with van der Waals surface area (Å²) < 4.78 is 18.5. The number of phenols is 1. The van der Waals surface area contributed by atoms with Crippen LogP contribution in [-0.4, -0.2) is 12.2 Å². The van der Waals surface area contributed by atoms with E-state index in [4.69, 9.17) is 10.5 Å². The Labute approximate surface area is 95.2 Å². The van der Waals surface area contributed by atoms with E-state index in [1.807, 2.05) is 0 Å². The molecule has 0 amide bonds. The van der Waals surface area contributed by atoms with Crippen LogP contribution >= 0.6 is 15.9 Å². The van der Waals surface area contributed by atoms with Crippen LogP contribution in [-0.2, 0) is 5.54 Å². The number of ether oxygens (including phenoxy) is 1. The Morgan fingerprint density at radius 3 is 2.67 bits per heavy atom. The van der Waals surface area contributed by atoms with Crippen molar-refractivity contribution in [2.45, 2.75) is 18.4 Å². The average Bonchev–Trinajstić information content (AvgIpc) is 2.92. The third-order valence-corrected chi connectivity index (χ3v) is 3.26. The fraction of sp³-hybridized carbons (Fsp3) is 0.400. The summed E-state index contributed by atoms with van der Waals surface area (Å²) in [5.74, 6) is -0.961. The molecule has 0 atom stereocenters. The predicted molar refractivity (Wildman–Crippen MR) is 57.4 cm³/mol. The minimum absolute atomic E-state index is 0.156. The number of hydrogen-bond donors (Lipinski definition) is 2. The summed E-state index contributed by atoms with van der Waals surface area (Å²) in [5, 5.41) is 9.80. The fourth-order valence-electron chi connectivity index (χ4n) is 1.56. The predicted octanol–water partition coefficient (Wildman–Crippen LogP) is 2.25. The maximum Gasteiger partial charge on any atom is 0.198 e. The summed E-state index contributed by atoms with van der Waals surface area (Å²) in [6.45, 7) is 0. The van der Waals surface area contributed by atoms with Crippen molar-refractivity contribution in [2.75, 3.05) is 7.11 Å². The van der Waals surface area contributed by atoms with Crippen LogP contribution in [0, 0.1) is 5.82 Å². The Balaban J connectivity index is 2.62. The molecule has 1 aromatic rings. The van der Waals surface area contributed by atoms with Gasteiger partial charge in [0.25, 0.3) is 0 Å². The first-order valence-electron chi connectivity index (χ1n) is 4.54. The molecule has 3 N–H and O–H groups in total. The molecule has 2 rings (SSSR count). The molecule has 0 spiro atoms. The number of phenolic OH excluding ortho intramolecular Hbond substituents is 1. The summed E-state index contributed by atoms with van der Waals surface area (Å²) in [6, 6.07) is 1.51.